The number of hydrogen-bond donors (Lipinski definition) is 2. The highest BCUT2D eigenvalue weighted by molar-refractivity contribution is 7.89. The molecule has 30 heavy (non-hydrogen) atoms. The van der Waals surface area contributed by atoms with E-state index in [4.69, 9.17) is 12.2 Å². The van der Waals surface area contributed by atoms with Crippen molar-refractivity contribution in [2.24, 2.45) is 0 Å². The zero-order chi connectivity index (χ0) is 21.6. The lowest BCUT2D eigenvalue weighted by molar-refractivity contribution is 0.0699. The molecule has 1 aliphatic rings. The van der Waals surface area contributed by atoms with E-state index in [1.165, 1.54) is 21.3 Å². The van der Waals surface area contributed by atoms with E-state index in [1.54, 1.807) is 18.2 Å². The molecule has 0 atom stereocenters. The average molecular weight is 449 g/mol. The molecule has 2 heterocycles. The summed E-state index contributed by atoms with van der Waals surface area (Å²) in [6.45, 7) is 4.57. The summed E-state index contributed by atoms with van der Waals surface area (Å²) in [7, 11) is -3.64. The van der Waals surface area contributed by atoms with Crippen molar-refractivity contribution >= 4 is 39.2 Å². The van der Waals surface area contributed by atoms with Gasteiger partial charge in [0, 0.05) is 26.2 Å². The predicted molar refractivity (Wildman–Crippen MR) is 114 cm³/mol. The van der Waals surface area contributed by atoms with Crippen LogP contribution in [0.5, 0.6) is 0 Å². The van der Waals surface area contributed by atoms with Crippen LogP contribution in [0.25, 0.3) is 11.0 Å². The molecule has 7 nitrogen and oxygen atoms in total. The summed E-state index contributed by atoms with van der Waals surface area (Å²) in [5.74, 6) is -0.917. The fraction of sp³-hybridized carbons (Fsp3) is 0.300. The lowest BCUT2D eigenvalue weighted by atomic mass is 10.1. The van der Waals surface area contributed by atoms with Crippen LogP contribution in [0.3, 0.4) is 0 Å². The molecule has 2 N–H and O–H groups in total. The molecule has 0 saturated carbocycles. The number of imidazole rings is 1. The highest BCUT2D eigenvalue weighted by Crippen LogP contribution is 2.23. The van der Waals surface area contributed by atoms with Crippen LogP contribution in [0.15, 0.2) is 35.2 Å². The van der Waals surface area contributed by atoms with Crippen molar-refractivity contribution in [2.45, 2.75) is 18.7 Å². The molecular weight excluding hydrogens is 427 g/mol. The molecule has 0 aliphatic carbocycles. The van der Waals surface area contributed by atoms with Crippen LogP contribution in [0.1, 0.15) is 21.5 Å². The molecule has 0 spiro atoms. The third-order valence-electron chi connectivity index (χ3n) is 5.46. The summed E-state index contributed by atoms with van der Waals surface area (Å²) < 4.78 is 41.6. The fourth-order valence-corrected chi connectivity index (χ4v) is 5.32. The third kappa shape index (κ3) is 3.66. The molecule has 0 bridgehead atoms. The Hall–Kier alpha value is -2.56. The summed E-state index contributed by atoms with van der Waals surface area (Å²) in [5, 5.41) is 0. The first-order chi connectivity index (χ1) is 14.2. The highest BCUT2D eigenvalue weighted by atomic mass is 32.2. The Kier molecular flexibility index (Phi) is 5.25. The van der Waals surface area contributed by atoms with Gasteiger partial charge in [-0.3, -0.25) is 4.79 Å². The van der Waals surface area contributed by atoms with Gasteiger partial charge < -0.3 is 14.9 Å². The van der Waals surface area contributed by atoms with Gasteiger partial charge in [0.05, 0.1) is 21.5 Å². The summed E-state index contributed by atoms with van der Waals surface area (Å²) in [5.41, 5.74) is 2.96. The van der Waals surface area contributed by atoms with Crippen molar-refractivity contribution in [3.05, 3.63) is 57.6 Å². The minimum absolute atomic E-state index is 0.169. The van der Waals surface area contributed by atoms with Gasteiger partial charge in [0.15, 0.2) is 4.77 Å². The minimum atomic E-state index is -3.64. The first-order valence-corrected chi connectivity index (χ1v) is 11.3. The van der Waals surface area contributed by atoms with Gasteiger partial charge in [0.2, 0.25) is 10.0 Å². The summed E-state index contributed by atoms with van der Waals surface area (Å²) in [6.07, 6.45) is 0. The molecule has 3 aromatic rings. The number of piperazine rings is 1. The predicted octanol–water partition coefficient (Wildman–Crippen LogP) is 3.13. The third-order valence-corrected chi connectivity index (χ3v) is 7.56. The van der Waals surface area contributed by atoms with Crippen LogP contribution in [0.2, 0.25) is 0 Å². The van der Waals surface area contributed by atoms with Gasteiger partial charge in [-0.25, -0.2) is 12.8 Å². The number of aryl methyl sites for hydroxylation is 2. The number of nitrogens with one attached hydrogen (secondary N) is 2. The van der Waals surface area contributed by atoms with E-state index in [0.29, 0.717) is 15.8 Å². The normalized spacial score (nSPS) is 15.6. The second kappa shape index (κ2) is 7.60. The van der Waals surface area contributed by atoms with E-state index < -0.39 is 15.8 Å². The van der Waals surface area contributed by atoms with Gasteiger partial charge in [-0.1, -0.05) is 6.07 Å². The number of aromatic nitrogens is 2. The number of amides is 1. The van der Waals surface area contributed by atoms with Gasteiger partial charge >= 0.3 is 0 Å². The molecule has 1 aromatic heterocycles. The summed E-state index contributed by atoms with van der Waals surface area (Å²) in [6, 6.07) is 7.50. The van der Waals surface area contributed by atoms with Crippen LogP contribution in [-0.2, 0) is 10.0 Å². The smallest absolute Gasteiger partial charge is 0.256 e. The number of benzene rings is 2. The first-order valence-electron chi connectivity index (χ1n) is 9.45. The fourth-order valence-electron chi connectivity index (χ4n) is 3.60. The Morgan fingerprint density at radius 2 is 1.73 bits per heavy atom. The number of carbonyl (C=O) groups is 1. The Balaban J connectivity index is 1.54. The maximum Gasteiger partial charge on any atom is 0.256 e. The van der Waals surface area contributed by atoms with E-state index in [1.807, 2.05) is 13.8 Å². The molecule has 1 saturated heterocycles. The number of sulfonamides is 1. The monoisotopic (exact) mass is 448 g/mol. The summed E-state index contributed by atoms with van der Waals surface area (Å²) >= 11 is 5.05. The van der Waals surface area contributed by atoms with Crippen molar-refractivity contribution in [1.82, 2.24) is 19.2 Å². The number of halogens is 1. The zero-order valence-electron chi connectivity index (χ0n) is 16.5. The van der Waals surface area contributed by atoms with E-state index in [-0.39, 0.29) is 42.5 Å². The first kappa shape index (κ1) is 20.7. The summed E-state index contributed by atoms with van der Waals surface area (Å²) in [4.78, 5) is 20.5. The number of H-pyrrole nitrogens is 2. The number of fused-ring (bicyclic) bond motifs is 1. The topological polar surface area (TPSA) is 89.3 Å². The van der Waals surface area contributed by atoms with Crippen molar-refractivity contribution in [2.75, 3.05) is 26.2 Å². The van der Waals surface area contributed by atoms with Gasteiger partial charge in [0.25, 0.3) is 5.91 Å². The van der Waals surface area contributed by atoms with Crippen LogP contribution < -0.4 is 0 Å². The van der Waals surface area contributed by atoms with Gasteiger partial charge in [-0.05, 0) is 61.5 Å². The Morgan fingerprint density at radius 3 is 2.40 bits per heavy atom. The average Bonchev–Trinajstić information content (AvgIpc) is 3.08. The van der Waals surface area contributed by atoms with Gasteiger partial charge in [0.1, 0.15) is 5.82 Å². The van der Waals surface area contributed by atoms with Crippen molar-refractivity contribution in [3.63, 3.8) is 0 Å². The lowest BCUT2D eigenvalue weighted by Crippen LogP contribution is -2.50. The molecule has 1 aliphatic heterocycles. The molecule has 2 aromatic carbocycles. The highest BCUT2D eigenvalue weighted by Gasteiger charge is 2.31. The molecule has 1 fully saturated rings. The van der Waals surface area contributed by atoms with Crippen molar-refractivity contribution in [3.8, 4) is 0 Å². The standard InChI is InChI=1S/C20H21FN4O3S2/c1-12-3-4-15(9-13(12)2)30(27,28)25-7-5-24(6-8-25)19(26)16-10-14(21)11-17-18(16)23-20(29)22-17/h3-4,9-11H,5-8H2,1-2H3,(H2,22,23,29). The van der Waals surface area contributed by atoms with Crippen molar-refractivity contribution in [1.29, 1.82) is 0 Å². The van der Waals surface area contributed by atoms with E-state index in [0.717, 1.165) is 11.1 Å². The van der Waals surface area contributed by atoms with E-state index in [2.05, 4.69) is 9.97 Å². The minimum Gasteiger partial charge on any atom is -0.336 e. The van der Waals surface area contributed by atoms with Crippen molar-refractivity contribution < 1.29 is 17.6 Å². The largest absolute Gasteiger partial charge is 0.336 e. The number of aromatic amines is 2. The maximum atomic E-state index is 14.0. The molecule has 158 valence electrons. The van der Waals surface area contributed by atoms with E-state index >= 15 is 0 Å². The van der Waals surface area contributed by atoms with Crippen LogP contribution in [0.4, 0.5) is 4.39 Å². The molecule has 0 radical (unpaired) electrons. The van der Waals surface area contributed by atoms with E-state index in [9.17, 15) is 17.6 Å². The molecule has 0 unspecified atom stereocenters. The van der Waals surface area contributed by atoms with Crippen LogP contribution in [-0.4, -0.2) is 59.7 Å². The maximum absolute atomic E-state index is 14.0. The quantitative estimate of drug-likeness (QED) is 0.603. The second-order valence-corrected chi connectivity index (χ2v) is 9.74. The Bertz CT molecular complexity index is 1310. The van der Waals surface area contributed by atoms with Crippen LogP contribution in [0, 0.1) is 24.4 Å². The molecule has 4 rings (SSSR count). The van der Waals surface area contributed by atoms with Gasteiger partial charge in [-0.2, -0.15) is 4.31 Å². The van der Waals surface area contributed by atoms with Gasteiger partial charge in [-0.15, -0.1) is 0 Å². The number of hydrogen-bond acceptors (Lipinski definition) is 4. The second-order valence-electron chi connectivity index (χ2n) is 7.40. The molecular formula is C20H21FN4O3S2. The Morgan fingerprint density at radius 1 is 1.03 bits per heavy atom. The number of carbonyl (C=O) groups excluding carboxylic acids is 1. The molecule has 1 amide bonds. The number of rotatable bonds is 3. The lowest BCUT2D eigenvalue weighted by Gasteiger charge is -2.34. The van der Waals surface area contributed by atoms with Crippen LogP contribution >= 0.6 is 12.2 Å². The molecule has 10 heteroatoms. The number of nitrogens with zero attached hydrogens (tertiary/aromatic N) is 2. The Labute approximate surface area is 178 Å². The SMILES string of the molecule is Cc1ccc(S(=O)(=O)N2CCN(C(=O)c3cc(F)cc4[nH]c(=S)[nH]c34)CC2)cc1C. The zero-order valence-corrected chi connectivity index (χ0v) is 18.2.